The number of carboxylic acids is 2. The van der Waals surface area contributed by atoms with Gasteiger partial charge in [-0.15, -0.1) is 11.8 Å². The van der Waals surface area contributed by atoms with E-state index in [1.54, 1.807) is 43.3 Å². The fraction of sp³-hybridized carbons (Fsp3) is 0.0833. The molecule has 3 rings (SSSR count). The van der Waals surface area contributed by atoms with Gasteiger partial charge in [-0.25, -0.2) is 9.59 Å². The third-order valence-electron chi connectivity index (χ3n) is 4.56. The number of hydrogen-bond acceptors (Lipinski definition) is 5. The molecule has 33 heavy (non-hydrogen) atoms. The first kappa shape index (κ1) is 23.6. The molecule has 1 atom stereocenters. The number of rotatable bonds is 8. The molecule has 0 heterocycles. The Morgan fingerprint density at radius 3 is 2.12 bits per heavy atom. The molecule has 3 aromatic rings. The van der Waals surface area contributed by atoms with E-state index >= 15 is 0 Å². The SMILES string of the molecule is CC(Sc1cccc(NC(=O)c2ccc(C(=O)O)cc2C(=O)O)c1)C(=O)Nc1ccccc1. The van der Waals surface area contributed by atoms with E-state index in [-0.39, 0.29) is 17.0 Å². The molecule has 9 heteroatoms. The molecule has 4 N–H and O–H groups in total. The van der Waals surface area contributed by atoms with Crippen molar-refractivity contribution in [2.24, 2.45) is 0 Å². The van der Waals surface area contributed by atoms with E-state index in [9.17, 15) is 24.3 Å². The number of hydrogen-bond donors (Lipinski definition) is 4. The van der Waals surface area contributed by atoms with E-state index in [1.807, 2.05) is 18.2 Å². The second kappa shape index (κ2) is 10.5. The summed E-state index contributed by atoms with van der Waals surface area (Å²) in [5.74, 6) is -3.57. The van der Waals surface area contributed by atoms with Crippen molar-refractivity contribution in [1.29, 1.82) is 0 Å². The molecule has 0 bridgehead atoms. The van der Waals surface area contributed by atoms with Crippen LogP contribution in [0, 0.1) is 0 Å². The van der Waals surface area contributed by atoms with Crippen LogP contribution in [-0.4, -0.2) is 39.2 Å². The zero-order valence-electron chi connectivity index (χ0n) is 17.4. The van der Waals surface area contributed by atoms with Crippen LogP contribution in [0.1, 0.15) is 38.0 Å². The molecular formula is C24H20N2O6S. The first-order valence-electron chi connectivity index (χ1n) is 9.79. The van der Waals surface area contributed by atoms with Crippen molar-refractivity contribution >= 4 is 46.9 Å². The minimum Gasteiger partial charge on any atom is -0.478 e. The third kappa shape index (κ3) is 6.20. The molecule has 0 aliphatic heterocycles. The van der Waals surface area contributed by atoms with Crippen molar-refractivity contribution in [3.05, 3.63) is 89.5 Å². The minimum atomic E-state index is -1.41. The molecule has 3 aromatic carbocycles. The van der Waals surface area contributed by atoms with Gasteiger partial charge in [0, 0.05) is 16.3 Å². The van der Waals surface area contributed by atoms with E-state index in [4.69, 9.17) is 5.11 Å². The highest BCUT2D eigenvalue weighted by Crippen LogP contribution is 2.27. The number of para-hydroxylation sites is 1. The summed E-state index contributed by atoms with van der Waals surface area (Å²) in [5.41, 5.74) is 0.286. The van der Waals surface area contributed by atoms with Gasteiger partial charge in [-0.05, 0) is 55.5 Å². The molecule has 0 radical (unpaired) electrons. The summed E-state index contributed by atoms with van der Waals surface area (Å²) in [4.78, 5) is 48.4. The first-order chi connectivity index (χ1) is 15.7. The Balaban J connectivity index is 1.71. The maximum absolute atomic E-state index is 12.7. The zero-order valence-corrected chi connectivity index (χ0v) is 18.3. The Bertz CT molecular complexity index is 1210. The highest BCUT2D eigenvalue weighted by Gasteiger charge is 2.20. The summed E-state index contributed by atoms with van der Waals surface area (Å²) in [6.45, 7) is 1.76. The van der Waals surface area contributed by atoms with Crippen molar-refractivity contribution in [3.63, 3.8) is 0 Å². The molecule has 8 nitrogen and oxygen atoms in total. The van der Waals surface area contributed by atoms with Crippen LogP contribution in [0.2, 0.25) is 0 Å². The van der Waals surface area contributed by atoms with Crippen molar-refractivity contribution in [1.82, 2.24) is 0 Å². The molecule has 2 amide bonds. The predicted octanol–water partition coefficient (Wildman–Crippen LogP) is 4.45. The lowest BCUT2D eigenvalue weighted by atomic mass is 10.0. The second-order valence-electron chi connectivity index (χ2n) is 6.97. The number of carbonyl (C=O) groups is 4. The highest BCUT2D eigenvalue weighted by atomic mass is 32.2. The van der Waals surface area contributed by atoms with Gasteiger partial charge in [0.2, 0.25) is 5.91 Å². The van der Waals surface area contributed by atoms with Crippen LogP contribution in [0.3, 0.4) is 0 Å². The lowest BCUT2D eigenvalue weighted by molar-refractivity contribution is -0.115. The Hall–Kier alpha value is -4.11. The van der Waals surface area contributed by atoms with Crippen LogP contribution in [0.15, 0.2) is 77.7 Å². The molecule has 0 saturated carbocycles. The van der Waals surface area contributed by atoms with E-state index in [0.29, 0.717) is 11.4 Å². The summed E-state index contributed by atoms with van der Waals surface area (Å²) in [7, 11) is 0. The van der Waals surface area contributed by atoms with Crippen molar-refractivity contribution < 1.29 is 29.4 Å². The minimum absolute atomic E-state index is 0.166. The molecule has 0 aliphatic carbocycles. The van der Waals surface area contributed by atoms with E-state index in [0.717, 1.165) is 17.0 Å². The normalized spacial score (nSPS) is 11.3. The number of anilines is 2. The van der Waals surface area contributed by atoms with Gasteiger partial charge in [0.1, 0.15) is 0 Å². The summed E-state index contributed by atoms with van der Waals surface area (Å²) in [5, 5.41) is 23.5. The molecule has 0 aliphatic rings. The van der Waals surface area contributed by atoms with Crippen LogP contribution in [0.5, 0.6) is 0 Å². The van der Waals surface area contributed by atoms with Gasteiger partial charge in [0.25, 0.3) is 5.91 Å². The summed E-state index contributed by atoms with van der Waals surface area (Å²) >= 11 is 1.30. The van der Waals surface area contributed by atoms with Gasteiger partial charge in [-0.2, -0.15) is 0 Å². The molecule has 0 spiro atoms. The van der Waals surface area contributed by atoms with Crippen LogP contribution in [0.25, 0.3) is 0 Å². The summed E-state index contributed by atoms with van der Waals surface area (Å²) < 4.78 is 0. The van der Waals surface area contributed by atoms with Gasteiger partial charge < -0.3 is 20.8 Å². The second-order valence-corrected chi connectivity index (χ2v) is 8.38. The number of carboxylic acid groups (broad SMARTS) is 2. The van der Waals surface area contributed by atoms with Gasteiger partial charge in [-0.1, -0.05) is 24.3 Å². The Morgan fingerprint density at radius 2 is 1.45 bits per heavy atom. The van der Waals surface area contributed by atoms with Gasteiger partial charge in [0.15, 0.2) is 0 Å². The number of nitrogens with one attached hydrogen (secondary N) is 2. The van der Waals surface area contributed by atoms with E-state index < -0.39 is 28.7 Å². The number of carbonyl (C=O) groups excluding carboxylic acids is 2. The molecule has 168 valence electrons. The highest BCUT2D eigenvalue weighted by molar-refractivity contribution is 8.00. The average molecular weight is 464 g/mol. The fourth-order valence-corrected chi connectivity index (χ4v) is 3.85. The third-order valence-corrected chi connectivity index (χ3v) is 5.65. The van der Waals surface area contributed by atoms with Crippen LogP contribution in [0.4, 0.5) is 11.4 Å². The molecule has 0 saturated heterocycles. The summed E-state index contributed by atoms with van der Waals surface area (Å²) in [6.07, 6.45) is 0. The lowest BCUT2D eigenvalue weighted by Gasteiger charge is -2.13. The number of thioether (sulfide) groups is 1. The smallest absolute Gasteiger partial charge is 0.336 e. The predicted molar refractivity (Wildman–Crippen MR) is 125 cm³/mol. The Kier molecular flexibility index (Phi) is 7.47. The number of amides is 2. The molecule has 1 unspecified atom stereocenters. The largest absolute Gasteiger partial charge is 0.478 e. The summed E-state index contributed by atoms with van der Waals surface area (Å²) in [6, 6.07) is 19.1. The molecular weight excluding hydrogens is 444 g/mol. The van der Waals surface area contributed by atoms with Gasteiger partial charge >= 0.3 is 11.9 Å². The first-order valence-corrected chi connectivity index (χ1v) is 10.7. The van der Waals surface area contributed by atoms with Crippen molar-refractivity contribution in [2.45, 2.75) is 17.1 Å². The van der Waals surface area contributed by atoms with Gasteiger partial charge in [-0.3, -0.25) is 9.59 Å². The Labute approximate surface area is 193 Å². The van der Waals surface area contributed by atoms with Crippen LogP contribution < -0.4 is 10.6 Å². The van der Waals surface area contributed by atoms with Crippen molar-refractivity contribution in [2.75, 3.05) is 10.6 Å². The van der Waals surface area contributed by atoms with Gasteiger partial charge in [0.05, 0.1) is 21.9 Å². The maximum atomic E-state index is 12.7. The quantitative estimate of drug-likeness (QED) is 0.362. The van der Waals surface area contributed by atoms with Crippen LogP contribution >= 0.6 is 11.8 Å². The van der Waals surface area contributed by atoms with Crippen LogP contribution in [-0.2, 0) is 4.79 Å². The molecule has 0 fully saturated rings. The fourth-order valence-electron chi connectivity index (χ4n) is 2.92. The standard InChI is InChI=1S/C24H20N2O6S/c1-14(21(27)25-16-6-3-2-4-7-16)33-18-9-5-8-17(13-18)26-22(28)19-11-10-15(23(29)30)12-20(19)24(31)32/h2-14H,1H3,(H,25,27)(H,26,28)(H,29,30)(H,31,32). The number of aromatic carboxylic acids is 2. The number of benzene rings is 3. The van der Waals surface area contributed by atoms with E-state index in [1.165, 1.54) is 17.8 Å². The lowest BCUT2D eigenvalue weighted by Crippen LogP contribution is -2.22. The molecule has 0 aromatic heterocycles. The topological polar surface area (TPSA) is 133 Å². The van der Waals surface area contributed by atoms with Crippen molar-refractivity contribution in [3.8, 4) is 0 Å². The Morgan fingerprint density at radius 1 is 0.758 bits per heavy atom. The monoisotopic (exact) mass is 464 g/mol. The average Bonchev–Trinajstić information content (AvgIpc) is 2.79. The van der Waals surface area contributed by atoms with E-state index in [2.05, 4.69) is 10.6 Å². The maximum Gasteiger partial charge on any atom is 0.336 e. The zero-order chi connectivity index (χ0) is 24.0.